The van der Waals surface area contributed by atoms with Crippen LogP contribution >= 0.6 is 13.7 Å². The molecule has 4 nitrogen and oxygen atoms in total. The second-order valence-electron chi connectivity index (χ2n) is 7.83. The van der Waals surface area contributed by atoms with Crippen molar-refractivity contribution in [1.82, 2.24) is 0 Å². The molecule has 6 heteroatoms. The van der Waals surface area contributed by atoms with Crippen LogP contribution < -0.4 is 0 Å². The normalized spacial score (nSPS) is 15.4. The average molecular weight is 403 g/mol. The van der Waals surface area contributed by atoms with Gasteiger partial charge in [-0.1, -0.05) is 0 Å². The van der Waals surface area contributed by atoms with Crippen LogP contribution in [-0.4, -0.2) is 82.5 Å². The van der Waals surface area contributed by atoms with E-state index in [2.05, 4.69) is 20.8 Å². The number of hydrogen-bond acceptors (Lipinski definition) is 4. The van der Waals surface area contributed by atoms with Gasteiger partial charge in [0.05, 0.1) is 0 Å². The van der Waals surface area contributed by atoms with E-state index in [9.17, 15) is 9.79 Å². The van der Waals surface area contributed by atoms with Gasteiger partial charge >= 0.3 is 157 Å². The molecule has 25 heavy (non-hydrogen) atoms. The third-order valence-corrected chi connectivity index (χ3v) is 18.5. The van der Waals surface area contributed by atoms with Gasteiger partial charge in [-0.3, -0.25) is 0 Å². The molecule has 0 rings (SSSR count). The van der Waals surface area contributed by atoms with Gasteiger partial charge in [0.25, 0.3) is 0 Å². The zero-order valence-corrected chi connectivity index (χ0v) is 19.7. The fourth-order valence-electron chi connectivity index (χ4n) is 4.05. The molecule has 0 unspecified atom stereocenters. The Labute approximate surface area is 157 Å². The zero-order chi connectivity index (χ0) is 20.1. The van der Waals surface area contributed by atoms with Crippen LogP contribution in [0.5, 0.6) is 0 Å². The molecule has 0 aliphatic carbocycles. The van der Waals surface area contributed by atoms with Gasteiger partial charge < -0.3 is 0 Å². The third kappa shape index (κ3) is 8.96. The summed E-state index contributed by atoms with van der Waals surface area (Å²) in [7, 11) is 0. The van der Waals surface area contributed by atoms with Crippen molar-refractivity contribution in [3.63, 3.8) is 0 Å². The van der Waals surface area contributed by atoms with Crippen molar-refractivity contribution in [3.8, 4) is 0 Å². The van der Waals surface area contributed by atoms with E-state index < -0.39 is 13.7 Å². The van der Waals surface area contributed by atoms with Crippen molar-refractivity contribution < 1.29 is 20.0 Å². The summed E-state index contributed by atoms with van der Waals surface area (Å²) in [6, 6.07) is 0. The molecule has 0 aromatic heterocycles. The average Bonchev–Trinajstić information content (AvgIpc) is 2.57. The minimum absolute atomic E-state index is 0.129. The van der Waals surface area contributed by atoms with Crippen LogP contribution in [0, 0.1) is 0 Å². The Morgan fingerprint density at radius 3 is 0.920 bits per heavy atom. The Morgan fingerprint density at radius 2 is 0.760 bits per heavy atom. The molecule has 0 bridgehead atoms. The summed E-state index contributed by atoms with van der Waals surface area (Å²) in [5, 5.41) is 18.0. The van der Waals surface area contributed by atoms with Gasteiger partial charge in [0.2, 0.25) is 0 Å². The van der Waals surface area contributed by atoms with Crippen molar-refractivity contribution in [1.29, 1.82) is 0 Å². The molecular formula is C19H48O4P2. The van der Waals surface area contributed by atoms with Gasteiger partial charge in [-0.15, -0.1) is 0 Å². The molecule has 0 amide bonds. The molecule has 158 valence electrons. The first-order valence-corrected chi connectivity index (χ1v) is 16.2. The SMILES string of the molecule is CCCP(O)(CCC)(CCC)CCO.CCP(O)(CC)(CC)CCO. The second kappa shape index (κ2) is 12.2. The Balaban J connectivity index is 0. The van der Waals surface area contributed by atoms with Crippen molar-refractivity contribution in [2.75, 3.05) is 62.5 Å². The van der Waals surface area contributed by atoms with Crippen molar-refractivity contribution in [2.45, 2.75) is 60.8 Å². The number of aliphatic hydroxyl groups excluding tert-OH is 2. The van der Waals surface area contributed by atoms with Crippen molar-refractivity contribution in [2.24, 2.45) is 0 Å². The fourth-order valence-corrected chi connectivity index (χ4v) is 12.2. The van der Waals surface area contributed by atoms with E-state index >= 15 is 0 Å². The Hall–Kier alpha value is 0.700. The van der Waals surface area contributed by atoms with Gasteiger partial charge in [-0.05, 0) is 0 Å². The summed E-state index contributed by atoms with van der Waals surface area (Å²) < 4.78 is 0. The van der Waals surface area contributed by atoms with Crippen LogP contribution in [0.4, 0.5) is 0 Å². The van der Waals surface area contributed by atoms with Crippen molar-refractivity contribution in [3.05, 3.63) is 0 Å². The first-order valence-electron chi connectivity index (χ1n) is 10.3. The molecule has 0 atom stereocenters. The van der Waals surface area contributed by atoms with Crippen LogP contribution in [-0.2, 0) is 0 Å². The molecule has 0 aromatic carbocycles. The monoisotopic (exact) mass is 402 g/mol. The maximum absolute atomic E-state index is 10.9. The van der Waals surface area contributed by atoms with Crippen LogP contribution in [0.3, 0.4) is 0 Å². The van der Waals surface area contributed by atoms with E-state index in [-0.39, 0.29) is 13.2 Å². The summed E-state index contributed by atoms with van der Waals surface area (Å²) in [4.78, 5) is 21.3. The summed E-state index contributed by atoms with van der Waals surface area (Å²) in [5.74, 6) is 0. The Kier molecular flexibility index (Phi) is 13.6. The van der Waals surface area contributed by atoms with Gasteiger partial charge in [-0.25, -0.2) is 0 Å². The van der Waals surface area contributed by atoms with Crippen molar-refractivity contribution >= 4 is 13.7 Å². The standard InChI is InChI=1S/C11H27O2P.C8H21O2P/c1-4-8-14(13,9-5-2,10-6-3)11-7-12;1-4-11(10,5-2,6-3)8-7-9/h12-13H,4-11H2,1-3H3;9-10H,4-8H2,1-3H3. The fraction of sp³-hybridized carbons (Fsp3) is 1.00. The van der Waals surface area contributed by atoms with Gasteiger partial charge in [0.1, 0.15) is 0 Å². The molecule has 0 aliphatic heterocycles. The maximum atomic E-state index is 10.9. The summed E-state index contributed by atoms with van der Waals surface area (Å²) in [6.07, 6.45) is 9.74. The second-order valence-corrected chi connectivity index (χ2v) is 19.6. The number of hydrogen-bond donors (Lipinski definition) is 4. The Bertz CT molecular complexity index is 300. The number of aliphatic hydroxyl groups is 2. The molecule has 0 saturated carbocycles. The topological polar surface area (TPSA) is 80.9 Å². The Morgan fingerprint density at radius 1 is 0.480 bits per heavy atom. The molecule has 0 aliphatic rings. The van der Waals surface area contributed by atoms with E-state index in [4.69, 9.17) is 10.2 Å². The minimum atomic E-state index is -2.52. The van der Waals surface area contributed by atoms with E-state index in [1.54, 1.807) is 0 Å². The van der Waals surface area contributed by atoms with Gasteiger partial charge in [0, 0.05) is 0 Å². The first kappa shape index (κ1) is 27.9. The van der Waals surface area contributed by atoms with E-state index in [1.165, 1.54) is 0 Å². The molecule has 0 spiro atoms. The van der Waals surface area contributed by atoms with Crippen LogP contribution in [0.2, 0.25) is 0 Å². The van der Waals surface area contributed by atoms with E-state index in [0.29, 0.717) is 12.3 Å². The summed E-state index contributed by atoms with van der Waals surface area (Å²) in [5.41, 5.74) is 0. The zero-order valence-electron chi connectivity index (χ0n) is 17.9. The molecule has 0 fully saturated rings. The molecule has 0 heterocycles. The number of rotatable bonds is 13. The van der Waals surface area contributed by atoms with Crippen LogP contribution in [0.15, 0.2) is 0 Å². The summed E-state index contributed by atoms with van der Waals surface area (Å²) in [6.45, 7) is 7.79. The van der Waals surface area contributed by atoms with Gasteiger partial charge in [-0.2, -0.15) is 0 Å². The predicted molar refractivity (Wildman–Crippen MR) is 119 cm³/mol. The molecule has 4 N–H and O–H groups in total. The molecule has 0 radical (unpaired) electrons. The van der Waals surface area contributed by atoms with Crippen LogP contribution in [0.25, 0.3) is 0 Å². The molecule has 0 saturated heterocycles. The van der Waals surface area contributed by atoms with Crippen LogP contribution in [0.1, 0.15) is 60.8 Å². The quantitative estimate of drug-likeness (QED) is 0.349. The molecule has 0 aromatic rings. The first-order chi connectivity index (χ1) is 11.6. The van der Waals surface area contributed by atoms with Gasteiger partial charge in [0.15, 0.2) is 0 Å². The third-order valence-electron chi connectivity index (χ3n) is 6.18. The van der Waals surface area contributed by atoms with E-state index in [1.807, 2.05) is 20.8 Å². The molecular weight excluding hydrogens is 354 g/mol. The summed E-state index contributed by atoms with van der Waals surface area (Å²) >= 11 is 0. The predicted octanol–water partition coefficient (Wildman–Crippen LogP) is 4.17. The van der Waals surface area contributed by atoms with E-state index in [0.717, 1.165) is 56.2 Å².